The first-order valence-electron chi connectivity index (χ1n) is 6.27. The monoisotopic (exact) mass is 232 g/mol. The van der Waals surface area contributed by atoms with Gasteiger partial charge in [-0.05, 0) is 24.7 Å². The van der Waals surface area contributed by atoms with E-state index in [2.05, 4.69) is 6.92 Å². The Morgan fingerprint density at radius 1 is 1.25 bits per heavy atom. The van der Waals surface area contributed by atoms with Crippen molar-refractivity contribution in [1.82, 2.24) is 0 Å². The van der Waals surface area contributed by atoms with E-state index in [9.17, 15) is 5.11 Å². The number of rotatable bonds is 3. The molecule has 16 heavy (non-hydrogen) atoms. The van der Waals surface area contributed by atoms with Gasteiger partial charge in [-0.25, -0.2) is 9.78 Å². The summed E-state index contributed by atoms with van der Waals surface area (Å²) in [4.78, 5) is 10.2. The second-order valence-electron chi connectivity index (χ2n) is 4.77. The van der Waals surface area contributed by atoms with Crippen LogP contribution < -0.4 is 0 Å². The fourth-order valence-corrected chi connectivity index (χ4v) is 2.15. The van der Waals surface area contributed by atoms with Crippen molar-refractivity contribution < 1.29 is 20.0 Å². The molecule has 4 nitrogen and oxygen atoms in total. The number of hydrogen-bond donors (Lipinski definition) is 2. The van der Waals surface area contributed by atoms with Crippen molar-refractivity contribution in [1.29, 1.82) is 0 Å². The van der Waals surface area contributed by atoms with Crippen LogP contribution in [-0.2, 0) is 9.78 Å². The molecular weight excluding hydrogens is 208 g/mol. The molecule has 0 saturated carbocycles. The Hall–Kier alpha value is -0.160. The topological polar surface area (TPSA) is 58.9 Å². The molecule has 1 aliphatic rings. The van der Waals surface area contributed by atoms with E-state index in [-0.39, 0.29) is 6.61 Å². The van der Waals surface area contributed by atoms with Gasteiger partial charge < -0.3 is 10.2 Å². The van der Waals surface area contributed by atoms with Gasteiger partial charge in [0.25, 0.3) is 0 Å². The maximum Gasteiger partial charge on any atom is 0.0850 e. The van der Waals surface area contributed by atoms with Gasteiger partial charge >= 0.3 is 0 Å². The third-order valence-electron chi connectivity index (χ3n) is 3.31. The minimum Gasteiger partial charge on any atom is -0.394 e. The van der Waals surface area contributed by atoms with Gasteiger partial charge in [-0.15, -0.1) is 0 Å². The lowest BCUT2D eigenvalue weighted by atomic mass is 9.85. The highest BCUT2D eigenvalue weighted by atomic mass is 17.2. The molecule has 0 radical (unpaired) electrons. The Morgan fingerprint density at radius 3 is 2.81 bits per heavy atom. The molecule has 1 heterocycles. The van der Waals surface area contributed by atoms with Gasteiger partial charge in [0.1, 0.15) is 0 Å². The molecule has 0 spiro atoms. The first-order valence-corrected chi connectivity index (χ1v) is 6.27. The Labute approximate surface area is 97.5 Å². The first kappa shape index (κ1) is 13.9. The zero-order valence-corrected chi connectivity index (χ0v) is 10.1. The van der Waals surface area contributed by atoms with Gasteiger partial charge in [0.05, 0.1) is 25.9 Å². The summed E-state index contributed by atoms with van der Waals surface area (Å²) >= 11 is 0. The van der Waals surface area contributed by atoms with E-state index in [1.807, 2.05) is 0 Å². The number of aliphatic hydroxyl groups is 2. The lowest BCUT2D eigenvalue weighted by Gasteiger charge is -2.26. The molecule has 3 unspecified atom stereocenters. The van der Waals surface area contributed by atoms with Crippen molar-refractivity contribution in [3.05, 3.63) is 0 Å². The molecule has 0 aromatic rings. The van der Waals surface area contributed by atoms with Gasteiger partial charge in [0.15, 0.2) is 0 Å². The van der Waals surface area contributed by atoms with Crippen LogP contribution in [0, 0.1) is 11.8 Å². The molecule has 3 atom stereocenters. The normalized spacial score (nSPS) is 30.9. The zero-order chi connectivity index (χ0) is 11.8. The molecule has 4 heteroatoms. The van der Waals surface area contributed by atoms with Crippen molar-refractivity contribution in [2.75, 3.05) is 19.8 Å². The predicted molar refractivity (Wildman–Crippen MR) is 60.7 cm³/mol. The average Bonchev–Trinajstić information content (AvgIpc) is 2.30. The van der Waals surface area contributed by atoms with E-state index in [1.165, 1.54) is 0 Å². The maximum absolute atomic E-state index is 9.49. The molecule has 1 fully saturated rings. The van der Waals surface area contributed by atoms with E-state index < -0.39 is 6.10 Å². The minimum absolute atomic E-state index is 0.152. The molecule has 0 aromatic heterocycles. The summed E-state index contributed by atoms with van der Waals surface area (Å²) in [6.07, 6.45) is 4.49. The molecule has 0 aromatic carbocycles. The highest BCUT2D eigenvalue weighted by Crippen LogP contribution is 2.25. The summed E-state index contributed by atoms with van der Waals surface area (Å²) in [5.74, 6) is 0.767. The van der Waals surface area contributed by atoms with Crippen LogP contribution in [0.1, 0.15) is 39.0 Å². The van der Waals surface area contributed by atoms with Gasteiger partial charge in [-0.1, -0.05) is 26.2 Å². The van der Waals surface area contributed by atoms with Crippen molar-refractivity contribution in [2.24, 2.45) is 11.8 Å². The Morgan fingerprint density at radius 2 is 2.06 bits per heavy atom. The lowest BCUT2D eigenvalue weighted by molar-refractivity contribution is -0.304. The molecular formula is C12H24O4. The van der Waals surface area contributed by atoms with Crippen LogP contribution in [0.5, 0.6) is 0 Å². The van der Waals surface area contributed by atoms with E-state index >= 15 is 0 Å². The second kappa shape index (κ2) is 8.01. The summed E-state index contributed by atoms with van der Waals surface area (Å²) in [7, 11) is 0. The number of hydrogen-bond acceptors (Lipinski definition) is 4. The van der Waals surface area contributed by atoms with Crippen molar-refractivity contribution in [3.63, 3.8) is 0 Å². The molecule has 0 bridgehead atoms. The molecule has 0 aliphatic carbocycles. The molecule has 96 valence electrons. The zero-order valence-electron chi connectivity index (χ0n) is 10.1. The predicted octanol–water partition coefficient (Wildman–Crippen LogP) is 1.50. The third-order valence-corrected chi connectivity index (χ3v) is 3.31. The smallest absolute Gasteiger partial charge is 0.0850 e. The van der Waals surface area contributed by atoms with E-state index in [4.69, 9.17) is 14.9 Å². The lowest BCUT2D eigenvalue weighted by Crippen LogP contribution is -2.25. The van der Waals surface area contributed by atoms with Crippen molar-refractivity contribution in [3.8, 4) is 0 Å². The van der Waals surface area contributed by atoms with Crippen molar-refractivity contribution in [2.45, 2.75) is 45.1 Å². The SMILES string of the molecule is CC1COOCCCCCC1CC(O)CO. The first-order chi connectivity index (χ1) is 7.74. The largest absolute Gasteiger partial charge is 0.394 e. The van der Waals surface area contributed by atoms with Crippen LogP contribution >= 0.6 is 0 Å². The van der Waals surface area contributed by atoms with Crippen molar-refractivity contribution >= 4 is 0 Å². The van der Waals surface area contributed by atoms with E-state index in [1.54, 1.807) is 0 Å². The van der Waals surface area contributed by atoms with Gasteiger partial charge in [0.2, 0.25) is 0 Å². The summed E-state index contributed by atoms with van der Waals surface area (Å²) in [6.45, 7) is 3.21. The fraction of sp³-hybridized carbons (Fsp3) is 1.00. The Kier molecular flexibility index (Phi) is 6.96. The highest BCUT2D eigenvalue weighted by molar-refractivity contribution is 4.70. The molecule has 2 N–H and O–H groups in total. The van der Waals surface area contributed by atoms with Crippen LogP contribution in [0.3, 0.4) is 0 Å². The van der Waals surface area contributed by atoms with Crippen LogP contribution in [0.15, 0.2) is 0 Å². The third kappa shape index (κ3) is 5.25. The van der Waals surface area contributed by atoms with Crippen LogP contribution in [-0.4, -0.2) is 36.1 Å². The number of aliphatic hydroxyl groups excluding tert-OH is 2. The Bertz CT molecular complexity index is 174. The summed E-state index contributed by atoms with van der Waals surface area (Å²) in [5.41, 5.74) is 0. The minimum atomic E-state index is -0.601. The molecule has 1 saturated heterocycles. The van der Waals surface area contributed by atoms with Crippen LogP contribution in [0.2, 0.25) is 0 Å². The maximum atomic E-state index is 9.49. The summed E-state index contributed by atoms with van der Waals surface area (Å²) < 4.78 is 0. The second-order valence-corrected chi connectivity index (χ2v) is 4.77. The summed E-state index contributed by atoms with van der Waals surface area (Å²) in [6, 6.07) is 0. The molecule has 1 aliphatic heterocycles. The quantitative estimate of drug-likeness (QED) is 0.724. The summed E-state index contributed by atoms with van der Waals surface area (Å²) in [5, 5.41) is 18.4. The highest BCUT2D eigenvalue weighted by Gasteiger charge is 2.21. The van der Waals surface area contributed by atoms with E-state index in [0.717, 1.165) is 25.7 Å². The standard InChI is InChI=1S/C12H24O4/c1-10-9-16-15-6-4-2-3-5-11(10)7-12(14)8-13/h10-14H,2-9H2,1H3. The molecule has 1 rings (SSSR count). The average molecular weight is 232 g/mol. The van der Waals surface area contributed by atoms with Gasteiger partial charge in [-0.3, -0.25) is 0 Å². The Balaban J connectivity index is 2.40. The van der Waals surface area contributed by atoms with Gasteiger partial charge in [-0.2, -0.15) is 0 Å². The molecule has 0 amide bonds. The van der Waals surface area contributed by atoms with Crippen LogP contribution in [0.4, 0.5) is 0 Å². The fourth-order valence-electron chi connectivity index (χ4n) is 2.15. The van der Waals surface area contributed by atoms with Gasteiger partial charge in [0, 0.05) is 0 Å². The van der Waals surface area contributed by atoms with E-state index in [0.29, 0.717) is 31.5 Å². The van der Waals surface area contributed by atoms with Crippen LogP contribution in [0.25, 0.3) is 0 Å².